The Balaban J connectivity index is 2.28. The van der Waals surface area contributed by atoms with E-state index in [-0.39, 0.29) is 24.4 Å². The summed E-state index contributed by atoms with van der Waals surface area (Å²) in [6, 6.07) is 14.5. The van der Waals surface area contributed by atoms with Crippen LogP contribution in [0.5, 0.6) is 5.75 Å². The minimum absolute atomic E-state index is 0.0430. The molecule has 6 heteroatoms. The summed E-state index contributed by atoms with van der Waals surface area (Å²) in [7, 11) is 3.34. The lowest BCUT2D eigenvalue weighted by Gasteiger charge is -2.27. The van der Waals surface area contributed by atoms with Crippen LogP contribution in [-0.4, -0.2) is 43.5 Å². The van der Waals surface area contributed by atoms with Gasteiger partial charge in [0.2, 0.25) is 11.8 Å². The van der Waals surface area contributed by atoms with E-state index in [0.717, 1.165) is 11.1 Å². The molecular weight excluding hydrogens is 354 g/mol. The van der Waals surface area contributed by atoms with E-state index < -0.39 is 6.04 Å². The van der Waals surface area contributed by atoms with Crippen molar-refractivity contribution in [2.75, 3.05) is 26.0 Å². The number of methoxy groups -OCH3 is 1. The van der Waals surface area contributed by atoms with Gasteiger partial charge < -0.3 is 15.4 Å². The van der Waals surface area contributed by atoms with Gasteiger partial charge in [-0.25, -0.2) is 0 Å². The van der Waals surface area contributed by atoms with Crippen molar-refractivity contribution in [3.8, 4) is 5.75 Å². The first-order valence-electron chi connectivity index (χ1n) is 9.32. The predicted molar refractivity (Wildman–Crippen MR) is 111 cm³/mol. The van der Waals surface area contributed by atoms with Gasteiger partial charge in [-0.3, -0.25) is 14.5 Å². The van der Waals surface area contributed by atoms with Crippen molar-refractivity contribution in [2.45, 2.75) is 32.9 Å². The highest BCUT2D eigenvalue weighted by Crippen LogP contribution is 2.28. The normalized spacial score (nSPS) is 12.0. The van der Waals surface area contributed by atoms with Gasteiger partial charge in [-0.05, 0) is 51.1 Å². The minimum atomic E-state index is -0.621. The van der Waals surface area contributed by atoms with Crippen LogP contribution in [0, 0.1) is 6.92 Å². The number of amides is 2. The molecule has 2 rings (SSSR count). The van der Waals surface area contributed by atoms with E-state index in [4.69, 9.17) is 4.74 Å². The smallest absolute Gasteiger partial charge is 0.246 e. The second-order valence-corrected chi connectivity index (χ2v) is 7.14. The fraction of sp³-hybridized carbons (Fsp3) is 0.364. The summed E-state index contributed by atoms with van der Waals surface area (Å²) in [5.41, 5.74) is 2.43. The summed E-state index contributed by atoms with van der Waals surface area (Å²) < 4.78 is 5.36. The molecule has 0 radical (unpaired) electrons. The summed E-state index contributed by atoms with van der Waals surface area (Å²) in [5, 5.41) is 5.82. The van der Waals surface area contributed by atoms with Crippen LogP contribution in [0.3, 0.4) is 0 Å². The van der Waals surface area contributed by atoms with Gasteiger partial charge in [0.1, 0.15) is 11.8 Å². The molecule has 1 atom stereocenters. The maximum Gasteiger partial charge on any atom is 0.246 e. The van der Waals surface area contributed by atoms with E-state index in [1.54, 1.807) is 19.1 Å². The Morgan fingerprint density at radius 1 is 1.11 bits per heavy atom. The number of nitrogens with zero attached hydrogens (tertiary/aromatic N) is 1. The number of rotatable bonds is 8. The van der Waals surface area contributed by atoms with Crippen molar-refractivity contribution < 1.29 is 14.3 Å². The molecule has 2 N–H and O–H groups in total. The van der Waals surface area contributed by atoms with Crippen LogP contribution in [-0.2, 0) is 9.59 Å². The second kappa shape index (κ2) is 9.90. The molecule has 2 aromatic carbocycles. The van der Waals surface area contributed by atoms with Crippen LogP contribution >= 0.6 is 0 Å². The number of nitrogens with one attached hydrogen (secondary N) is 2. The molecule has 6 nitrogen and oxygen atoms in total. The molecule has 0 aliphatic rings. The molecule has 2 aromatic rings. The largest absolute Gasteiger partial charge is 0.495 e. The maximum absolute atomic E-state index is 13.2. The number of anilines is 1. The Morgan fingerprint density at radius 2 is 1.79 bits per heavy atom. The van der Waals surface area contributed by atoms with Crippen LogP contribution in [0.4, 0.5) is 5.69 Å². The Labute approximate surface area is 166 Å². The third kappa shape index (κ3) is 5.82. The number of hydrogen-bond donors (Lipinski definition) is 2. The van der Waals surface area contributed by atoms with Crippen LogP contribution in [0.2, 0.25) is 0 Å². The first-order chi connectivity index (χ1) is 13.3. The van der Waals surface area contributed by atoms with Crippen LogP contribution < -0.4 is 15.4 Å². The van der Waals surface area contributed by atoms with Crippen LogP contribution in [0.25, 0.3) is 0 Å². The van der Waals surface area contributed by atoms with Gasteiger partial charge in [0.25, 0.3) is 0 Å². The van der Waals surface area contributed by atoms with Gasteiger partial charge in [0.05, 0.1) is 19.3 Å². The first-order valence-corrected chi connectivity index (χ1v) is 9.32. The van der Waals surface area contributed by atoms with Gasteiger partial charge in [-0.2, -0.15) is 0 Å². The molecular formula is C22H29N3O3. The SMILES string of the molecule is COc1ccc(C)cc1NC(=O)[C@@H](c1ccccc1)N(C)CC(=O)NC(C)C. The average Bonchev–Trinajstić information content (AvgIpc) is 2.62. The molecule has 0 saturated heterocycles. The molecule has 0 saturated carbocycles. The number of benzene rings is 2. The standard InChI is InChI=1S/C22H29N3O3/c1-15(2)23-20(26)14-25(4)21(17-9-7-6-8-10-17)22(27)24-18-13-16(3)11-12-19(18)28-5/h6-13,15,21H,14H2,1-5H3,(H,23,26)(H,24,27)/t21-/m1/s1. The molecule has 0 spiro atoms. The Morgan fingerprint density at radius 3 is 2.39 bits per heavy atom. The van der Waals surface area contributed by atoms with Crippen molar-refractivity contribution in [3.63, 3.8) is 0 Å². The molecule has 0 aliphatic carbocycles. The highest BCUT2D eigenvalue weighted by molar-refractivity contribution is 5.97. The van der Waals surface area contributed by atoms with E-state index in [1.165, 1.54) is 0 Å². The van der Waals surface area contributed by atoms with Crippen molar-refractivity contribution in [2.24, 2.45) is 0 Å². The molecule has 0 fully saturated rings. The summed E-state index contributed by atoms with van der Waals surface area (Å²) in [4.78, 5) is 27.2. The fourth-order valence-electron chi connectivity index (χ4n) is 3.05. The maximum atomic E-state index is 13.2. The molecule has 150 valence electrons. The predicted octanol–water partition coefficient (Wildman–Crippen LogP) is 3.14. The molecule has 28 heavy (non-hydrogen) atoms. The topological polar surface area (TPSA) is 70.7 Å². The number of hydrogen-bond acceptors (Lipinski definition) is 4. The average molecular weight is 383 g/mol. The lowest BCUT2D eigenvalue weighted by molar-refractivity contribution is -0.125. The van der Waals surface area contributed by atoms with Crippen LogP contribution in [0.15, 0.2) is 48.5 Å². The van der Waals surface area contributed by atoms with Gasteiger partial charge in [0.15, 0.2) is 0 Å². The van der Waals surface area contributed by atoms with Gasteiger partial charge in [-0.1, -0.05) is 36.4 Å². The first kappa shape index (κ1) is 21.4. The second-order valence-electron chi connectivity index (χ2n) is 7.14. The van der Waals surface area contributed by atoms with Crippen molar-refractivity contribution in [3.05, 3.63) is 59.7 Å². The van der Waals surface area contributed by atoms with Crippen molar-refractivity contribution >= 4 is 17.5 Å². The zero-order valence-electron chi connectivity index (χ0n) is 17.2. The summed E-state index contributed by atoms with van der Waals surface area (Å²) in [5.74, 6) is 0.236. The zero-order chi connectivity index (χ0) is 20.7. The molecule has 0 bridgehead atoms. The summed E-state index contributed by atoms with van der Waals surface area (Å²) in [6.45, 7) is 5.87. The summed E-state index contributed by atoms with van der Waals surface area (Å²) >= 11 is 0. The molecule has 0 aliphatic heterocycles. The Bertz CT molecular complexity index is 806. The molecule has 0 unspecified atom stereocenters. The number of carbonyl (C=O) groups excluding carboxylic acids is 2. The Hall–Kier alpha value is -2.86. The van der Waals surface area contributed by atoms with E-state index in [1.807, 2.05) is 69.3 Å². The number of aryl methyl sites for hydroxylation is 1. The lowest BCUT2D eigenvalue weighted by atomic mass is 10.0. The quantitative estimate of drug-likeness (QED) is 0.735. The minimum Gasteiger partial charge on any atom is -0.495 e. The molecule has 2 amide bonds. The summed E-state index contributed by atoms with van der Waals surface area (Å²) in [6.07, 6.45) is 0. The van der Waals surface area contributed by atoms with E-state index in [0.29, 0.717) is 11.4 Å². The lowest BCUT2D eigenvalue weighted by Crippen LogP contribution is -2.43. The van der Waals surface area contributed by atoms with Crippen molar-refractivity contribution in [1.29, 1.82) is 0 Å². The third-order valence-corrected chi connectivity index (χ3v) is 4.26. The van der Waals surface area contributed by atoms with E-state index >= 15 is 0 Å². The molecule has 0 aromatic heterocycles. The zero-order valence-corrected chi connectivity index (χ0v) is 17.2. The number of carbonyl (C=O) groups is 2. The monoisotopic (exact) mass is 383 g/mol. The van der Waals surface area contributed by atoms with Gasteiger partial charge >= 0.3 is 0 Å². The molecule has 0 heterocycles. The highest BCUT2D eigenvalue weighted by atomic mass is 16.5. The third-order valence-electron chi connectivity index (χ3n) is 4.26. The van der Waals surface area contributed by atoms with Gasteiger partial charge in [-0.15, -0.1) is 0 Å². The van der Waals surface area contributed by atoms with E-state index in [9.17, 15) is 9.59 Å². The van der Waals surface area contributed by atoms with Gasteiger partial charge in [0, 0.05) is 6.04 Å². The van der Waals surface area contributed by atoms with Crippen molar-refractivity contribution in [1.82, 2.24) is 10.2 Å². The van der Waals surface area contributed by atoms with E-state index in [2.05, 4.69) is 10.6 Å². The number of likely N-dealkylation sites (N-methyl/N-ethyl adjacent to an activating group) is 1. The van der Waals surface area contributed by atoms with Crippen LogP contribution in [0.1, 0.15) is 31.0 Å². The number of ether oxygens (including phenoxy) is 1. The Kier molecular flexibility index (Phi) is 7.58. The fourth-order valence-corrected chi connectivity index (χ4v) is 3.05. The highest BCUT2D eigenvalue weighted by Gasteiger charge is 2.27.